The Bertz CT molecular complexity index is 1620. The third-order valence-electron chi connectivity index (χ3n) is 6.38. The second-order valence-corrected chi connectivity index (χ2v) is 9.20. The van der Waals surface area contributed by atoms with Gasteiger partial charge in [-0.25, -0.2) is 4.98 Å². The first-order chi connectivity index (χ1) is 19.4. The molecule has 1 aliphatic rings. The molecule has 0 unspecified atom stereocenters. The summed E-state index contributed by atoms with van der Waals surface area (Å²) in [7, 11) is 0. The predicted molar refractivity (Wildman–Crippen MR) is 155 cm³/mol. The number of anilines is 2. The van der Waals surface area contributed by atoms with Crippen LogP contribution in [0.25, 0.3) is 23.4 Å². The summed E-state index contributed by atoms with van der Waals surface area (Å²) in [6, 6.07) is 19.6. The number of H-pyrrole nitrogens is 1. The first-order valence-corrected chi connectivity index (χ1v) is 12.6. The van der Waals surface area contributed by atoms with Crippen LogP contribution in [0.3, 0.4) is 0 Å². The van der Waals surface area contributed by atoms with Gasteiger partial charge in [-0.3, -0.25) is 19.7 Å². The largest absolute Gasteiger partial charge is 0.356 e. The van der Waals surface area contributed by atoms with E-state index in [2.05, 4.69) is 25.9 Å². The van der Waals surface area contributed by atoms with Crippen LogP contribution in [-0.2, 0) is 16.0 Å². The molecule has 200 valence electrons. The lowest BCUT2D eigenvalue weighted by Gasteiger charge is -2.15. The quantitative estimate of drug-likeness (QED) is 0.134. The van der Waals surface area contributed by atoms with Crippen LogP contribution in [0.4, 0.5) is 17.1 Å². The van der Waals surface area contributed by atoms with Crippen LogP contribution >= 0.6 is 0 Å². The average molecular weight is 535 g/mol. The highest BCUT2D eigenvalue weighted by Crippen LogP contribution is 2.39. The second-order valence-electron chi connectivity index (χ2n) is 9.20. The molecule has 0 saturated heterocycles. The van der Waals surface area contributed by atoms with Crippen molar-refractivity contribution >= 4 is 52.3 Å². The van der Waals surface area contributed by atoms with E-state index in [0.717, 1.165) is 28.1 Å². The number of nitro benzene ring substituents is 1. The van der Waals surface area contributed by atoms with Crippen LogP contribution in [0.15, 0.2) is 79.3 Å². The molecule has 0 bridgehead atoms. The van der Waals surface area contributed by atoms with E-state index in [9.17, 15) is 19.7 Å². The van der Waals surface area contributed by atoms with Gasteiger partial charge in [0, 0.05) is 48.7 Å². The summed E-state index contributed by atoms with van der Waals surface area (Å²) in [6.07, 6.45) is 7.90. The molecule has 40 heavy (non-hydrogen) atoms. The fraction of sp³-hybridized carbons (Fsp3) is 0.100. The number of hydrogen-bond donors (Lipinski definition) is 4. The standard InChI is InChI=1S/C30H26N6O4/c1-19(37)32-15-14-21-2-7-22(8-3-21)29(28-26-16-25(36(39)40)12-13-27(26)35-30(28)38)34-23-9-4-20(5-10-23)6-11-24-17-31-18-33-24/h2-13,16-18,34H,14-15H2,1H3,(H,31,33)(H,32,37)(H,35,38). The van der Waals surface area contributed by atoms with Gasteiger partial charge in [-0.2, -0.15) is 0 Å². The Morgan fingerprint density at radius 3 is 2.50 bits per heavy atom. The number of aromatic amines is 1. The number of aromatic nitrogens is 2. The fourth-order valence-corrected chi connectivity index (χ4v) is 4.38. The van der Waals surface area contributed by atoms with E-state index in [0.29, 0.717) is 35.5 Å². The van der Waals surface area contributed by atoms with Crippen LogP contribution in [0.1, 0.15) is 34.9 Å². The van der Waals surface area contributed by atoms with E-state index < -0.39 is 4.92 Å². The summed E-state index contributed by atoms with van der Waals surface area (Å²) in [5.74, 6) is -0.443. The van der Waals surface area contributed by atoms with Gasteiger partial charge in [-0.15, -0.1) is 0 Å². The molecule has 0 aliphatic carbocycles. The van der Waals surface area contributed by atoms with Crippen molar-refractivity contribution in [1.82, 2.24) is 15.3 Å². The molecular weight excluding hydrogens is 508 g/mol. The fourth-order valence-electron chi connectivity index (χ4n) is 4.38. The molecule has 4 aromatic rings. The minimum absolute atomic E-state index is 0.0875. The molecule has 0 fully saturated rings. The van der Waals surface area contributed by atoms with Crippen molar-refractivity contribution in [3.05, 3.63) is 117 Å². The normalized spacial score (nSPS) is 13.6. The molecule has 4 N–H and O–H groups in total. The average Bonchev–Trinajstić information content (AvgIpc) is 3.58. The van der Waals surface area contributed by atoms with Crippen LogP contribution in [-0.4, -0.2) is 33.3 Å². The Balaban J connectivity index is 1.50. The van der Waals surface area contributed by atoms with E-state index in [1.807, 2.05) is 60.7 Å². The maximum atomic E-state index is 13.2. The van der Waals surface area contributed by atoms with Gasteiger partial charge in [0.25, 0.3) is 11.6 Å². The minimum atomic E-state index is -0.479. The zero-order valence-electron chi connectivity index (χ0n) is 21.6. The van der Waals surface area contributed by atoms with Crippen molar-refractivity contribution < 1.29 is 14.5 Å². The zero-order valence-corrected chi connectivity index (χ0v) is 21.6. The van der Waals surface area contributed by atoms with Gasteiger partial charge in [-0.05, 0) is 47.4 Å². The molecule has 0 spiro atoms. The molecule has 10 nitrogen and oxygen atoms in total. The number of benzene rings is 3. The molecule has 1 aliphatic heterocycles. The number of carbonyl (C=O) groups is 2. The number of nitrogens with zero attached hydrogens (tertiary/aromatic N) is 2. The number of carbonyl (C=O) groups excluding carboxylic acids is 2. The highest BCUT2D eigenvalue weighted by atomic mass is 16.6. The van der Waals surface area contributed by atoms with Crippen LogP contribution < -0.4 is 16.0 Å². The van der Waals surface area contributed by atoms with Gasteiger partial charge in [0.05, 0.1) is 28.2 Å². The number of nitrogens with one attached hydrogen (secondary N) is 4. The van der Waals surface area contributed by atoms with Gasteiger partial charge in [0.15, 0.2) is 0 Å². The highest BCUT2D eigenvalue weighted by molar-refractivity contribution is 6.37. The highest BCUT2D eigenvalue weighted by Gasteiger charge is 2.30. The van der Waals surface area contributed by atoms with Crippen LogP contribution in [0, 0.1) is 10.1 Å². The van der Waals surface area contributed by atoms with Gasteiger partial charge < -0.3 is 20.9 Å². The topological polar surface area (TPSA) is 142 Å². The monoisotopic (exact) mass is 534 g/mol. The minimum Gasteiger partial charge on any atom is -0.356 e. The maximum Gasteiger partial charge on any atom is 0.270 e. The molecule has 0 saturated carbocycles. The summed E-state index contributed by atoms with van der Waals surface area (Å²) in [4.78, 5) is 42.5. The lowest BCUT2D eigenvalue weighted by Crippen LogP contribution is -2.22. The summed E-state index contributed by atoms with van der Waals surface area (Å²) >= 11 is 0. The number of non-ortho nitro benzene ring substituents is 1. The van der Waals surface area contributed by atoms with Crippen molar-refractivity contribution in [1.29, 1.82) is 0 Å². The SMILES string of the molecule is CC(=O)NCCc1ccc(C(Nc2ccc(C=Cc3c[nH]cn3)cc2)=C2C(=O)Nc3ccc([N+](=O)[O-])cc32)cc1. The Hall–Kier alpha value is -5.51. The number of fused-ring (bicyclic) bond motifs is 1. The number of rotatable bonds is 9. The molecule has 0 radical (unpaired) electrons. The van der Waals surface area contributed by atoms with E-state index in [-0.39, 0.29) is 17.5 Å². The molecule has 2 heterocycles. The van der Waals surface area contributed by atoms with E-state index in [1.54, 1.807) is 18.6 Å². The van der Waals surface area contributed by atoms with E-state index >= 15 is 0 Å². The van der Waals surface area contributed by atoms with E-state index in [4.69, 9.17) is 0 Å². The first-order valence-electron chi connectivity index (χ1n) is 12.6. The molecule has 10 heteroatoms. The van der Waals surface area contributed by atoms with Crippen molar-refractivity contribution in [2.45, 2.75) is 13.3 Å². The lowest BCUT2D eigenvalue weighted by molar-refractivity contribution is -0.384. The molecule has 2 amide bonds. The summed E-state index contributed by atoms with van der Waals surface area (Å²) in [5.41, 5.74) is 5.95. The Morgan fingerprint density at radius 2 is 1.82 bits per heavy atom. The van der Waals surface area contributed by atoms with Crippen molar-refractivity contribution in [3.63, 3.8) is 0 Å². The summed E-state index contributed by atoms with van der Waals surface area (Å²) in [5, 5.41) is 20.5. The third-order valence-corrected chi connectivity index (χ3v) is 6.38. The molecule has 1 aromatic heterocycles. The molecule has 5 rings (SSSR count). The maximum absolute atomic E-state index is 13.2. The Kier molecular flexibility index (Phi) is 7.49. The lowest BCUT2D eigenvalue weighted by atomic mass is 9.98. The Labute approximate surface area is 230 Å². The number of nitro groups is 1. The van der Waals surface area contributed by atoms with Crippen LogP contribution in [0.5, 0.6) is 0 Å². The third kappa shape index (κ3) is 5.97. The zero-order chi connectivity index (χ0) is 28.1. The number of hydrogen-bond acceptors (Lipinski definition) is 6. The van der Waals surface area contributed by atoms with Crippen molar-refractivity contribution in [2.75, 3.05) is 17.2 Å². The van der Waals surface area contributed by atoms with Gasteiger partial charge in [0.2, 0.25) is 5.91 Å². The Morgan fingerprint density at radius 1 is 1.05 bits per heavy atom. The number of imidazole rings is 1. The predicted octanol–water partition coefficient (Wildman–Crippen LogP) is 5.10. The summed E-state index contributed by atoms with van der Waals surface area (Å²) < 4.78 is 0. The van der Waals surface area contributed by atoms with Gasteiger partial charge in [0.1, 0.15) is 0 Å². The van der Waals surface area contributed by atoms with E-state index in [1.165, 1.54) is 19.1 Å². The van der Waals surface area contributed by atoms with Crippen LogP contribution in [0.2, 0.25) is 0 Å². The van der Waals surface area contributed by atoms with Gasteiger partial charge in [-0.1, -0.05) is 42.5 Å². The van der Waals surface area contributed by atoms with Gasteiger partial charge >= 0.3 is 0 Å². The molecule has 0 atom stereocenters. The number of amides is 2. The van der Waals surface area contributed by atoms with Crippen molar-refractivity contribution in [3.8, 4) is 0 Å². The molecule has 3 aromatic carbocycles. The second kappa shape index (κ2) is 11.5. The molecular formula is C30H26N6O4. The van der Waals surface area contributed by atoms with Crippen molar-refractivity contribution in [2.24, 2.45) is 0 Å². The summed E-state index contributed by atoms with van der Waals surface area (Å²) in [6.45, 7) is 1.99. The smallest absolute Gasteiger partial charge is 0.270 e. The first kappa shape index (κ1) is 26.1.